The van der Waals surface area contributed by atoms with Crippen molar-refractivity contribution in [2.45, 2.75) is 39.8 Å². The normalized spacial score (nSPS) is 10.9. The molecule has 0 amide bonds. The zero-order valence-electron chi connectivity index (χ0n) is 8.40. The lowest BCUT2D eigenvalue weighted by Gasteiger charge is -2.24. The van der Waals surface area contributed by atoms with Gasteiger partial charge in [-0.1, -0.05) is 0 Å². The molecule has 0 aliphatic heterocycles. The van der Waals surface area contributed by atoms with Gasteiger partial charge in [0.1, 0.15) is 0 Å². The molecular weight excluding hydrogens is 177 g/mol. The molecule has 0 rings (SSSR count). The fourth-order valence-corrected chi connectivity index (χ4v) is 0.596. The molecule has 0 saturated heterocycles. The van der Waals surface area contributed by atoms with Crippen LogP contribution in [0.25, 0.3) is 0 Å². The van der Waals surface area contributed by atoms with E-state index in [-0.39, 0.29) is 0 Å². The maximum Gasteiger partial charge on any atom is 0.314 e. The van der Waals surface area contributed by atoms with Crippen molar-refractivity contribution < 1.29 is 14.4 Å². The van der Waals surface area contributed by atoms with E-state index in [0.29, 0.717) is 12.1 Å². The predicted octanol–water partition coefficient (Wildman–Crippen LogP) is 1.10. The second-order valence-corrected chi connectivity index (χ2v) is 3.70. The van der Waals surface area contributed by atoms with Crippen LogP contribution in [0.2, 0.25) is 0 Å². The average Bonchev–Trinajstić information content (AvgIpc) is 1.84. The average molecular weight is 197 g/mol. The molecular formula is C7H20NO3P. The van der Waals surface area contributed by atoms with Crippen molar-refractivity contribution in [2.24, 2.45) is 0 Å². The summed E-state index contributed by atoms with van der Waals surface area (Å²) in [5.41, 5.74) is 0. The van der Waals surface area contributed by atoms with Crippen molar-refractivity contribution in [2.75, 3.05) is 7.05 Å². The van der Waals surface area contributed by atoms with Crippen LogP contribution in [-0.2, 0) is 4.57 Å². The summed E-state index contributed by atoms with van der Waals surface area (Å²) in [6, 6.07) is 1.35. The van der Waals surface area contributed by atoms with Crippen LogP contribution in [0.15, 0.2) is 0 Å². The van der Waals surface area contributed by atoms with Crippen LogP contribution in [0.1, 0.15) is 27.7 Å². The molecule has 0 bridgehead atoms. The molecule has 0 aromatic heterocycles. The first-order valence-corrected chi connectivity index (χ1v) is 5.23. The Morgan fingerprint density at radius 3 is 1.25 bits per heavy atom. The van der Waals surface area contributed by atoms with E-state index in [9.17, 15) is 0 Å². The summed E-state index contributed by atoms with van der Waals surface area (Å²) < 4.78 is 8.74. The topological polar surface area (TPSA) is 60.8 Å². The van der Waals surface area contributed by atoms with E-state index in [1.165, 1.54) is 0 Å². The van der Waals surface area contributed by atoms with Crippen LogP contribution in [-0.4, -0.2) is 33.8 Å². The first kappa shape index (κ1) is 14.6. The van der Waals surface area contributed by atoms with Crippen molar-refractivity contribution in [3.8, 4) is 0 Å². The summed E-state index contributed by atoms with van der Waals surface area (Å²) in [5, 5.41) is 0. The molecule has 0 unspecified atom stereocenters. The van der Waals surface area contributed by atoms with Crippen molar-refractivity contribution >= 4 is 8.25 Å². The Morgan fingerprint density at radius 1 is 1.08 bits per heavy atom. The van der Waals surface area contributed by atoms with Crippen molar-refractivity contribution in [3.63, 3.8) is 0 Å². The summed E-state index contributed by atoms with van der Waals surface area (Å²) in [6.07, 6.45) is 0. The zero-order chi connectivity index (χ0) is 10.3. The number of rotatable bonds is 2. The first-order valence-electron chi connectivity index (χ1n) is 3.92. The van der Waals surface area contributed by atoms with Gasteiger partial charge in [-0.25, -0.2) is 0 Å². The van der Waals surface area contributed by atoms with Crippen LogP contribution < -0.4 is 0 Å². The molecule has 0 aliphatic carbocycles. The monoisotopic (exact) mass is 197 g/mol. The molecule has 0 fully saturated rings. The first-order chi connectivity index (χ1) is 5.29. The maximum atomic E-state index is 8.74. The third-order valence-electron chi connectivity index (χ3n) is 1.63. The molecule has 4 nitrogen and oxygen atoms in total. The Kier molecular flexibility index (Phi) is 9.44. The number of hydrogen-bond donors (Lipinski definition) is 2. The van der Waals surface area contributed by atoms with E-state index in [2.05, 4.69) is 39.6 Å². The Bertz CT molecular complexity index is 116. The minimum Gasteiger partial charge on any atom is -0.326 e. The molecule has 0 saturated carbocycles. The largest absolute Gasteiger partial charge is 0.326 e. The Labute approximate surface area is 75.2 Å². The van der Waals surface area contributed by atoms with Crippen LogP contribution in [0.3, 0.4) is 0 Å². The lowest BCUT2D eigenvalue weighted by molar-refractivity contribution is 0.222. The Morgan fingerprint density at radius 2 is 1.25 bits per heavy atom. The second kappa shape index (κ2) is 7.74. The Balaban J connectivity index is 0. The third kappa shape index (κ3) is 12.8. The smallest absolute Gasteiger partial charge is 0.314 e. The van der Waals surface area contributed by atoms with Gasteiger partial charge in [0.25, 0.3) is 0 Å². The summed E-state index contributed by atoms with van der Waals surface area (Å²) in [5.74, 6) is 0. The summed E-state index contributed by atoms with van der Waals surface area (Å²) in [6.45, 7) is 8.83. The third-order valence-corrected chi connectivity index (χ3v) is 1.63. The van der Waals surface area contributed by atoms with Crippen LogP contribution in [0.4, 0.5) is 0 Å². The van der Waals surface area contributed by atoms with Gasteiger partial charge in [-0.2, -0.15) is 0 Å². The fourth-order valence-electron chi connectivity index (χ4n) is 0.596. The van der Waals surface area contributed by atoms with E-state index in [1.54, 1.807) is 0 Å². The van der Waals surface area contributed by atoms with Gasteiger partial charge in [0, 0.05) is 12.1 Å². The molecule has 0 radical (unpaired) electrons. The highest BCUT2D eigenvalue weighted by molar-refractivity contribution is 7.30. The predicted molar refractivity (Wildman–Crippen MR) is 51.5 cm³/mol. The highest BCUT2D eigenvalue weighted by atomic mass is 31.1. The Hall–Kier alpha value is 0.110. The zero-order valence-corrected chi connectivity index (χ0v) is 9.40. The lowest BCUT2D eigenvalue weighted by Crippen LogP contribution is -2.32. The molecule has 5 heteroatoms. The summed E-state index contributed by atoms with van der Waals surface area (Å²) >= 11 is 0. The quantitative estimate of drug-likeness (QED) is 0.651. The summed E-state index contributed by atoms with van der Waals surface area (Å²) in [7, 11) is -0.981. The molecule has 0 aromatic rings. The fraction of sp³-hybridized carbons (Fsp3) is 1.00. The molecule has 0 heterocycles. The van der Waals surface area contributed by atoms with E-state index in [0.717, 1.165) is 0 Å². The van der Waals surface area contributed by atoms with Gasteiger partial charge in [-0.3, -0.25) is 4.57 Å². The maximum absolute atomic E-state index is 8.74. The van der Waals surface area contributed by atoms with E-state index >= 15 is 0 Å². The number of nitrogens with zero attached hydrogens (tertiary/aromatic N) is 1. The minimum atomic E-state index is -3.13. The summed E-state index contributed by atoms with van der Waals surface area (Å²) in [4.78, 5) is 16.6. The minimum absolute atomic E-state index is 0.676. The van der Waals surface area contributed by atoms with Crippen molar-refractivity contribution in [3.05, 3.63) is 0 Å². The van der Waals surface area contributed by atoms with Crippen molar-refractivity contribution in [1.82, 2.24) is 4.90 Å². The number of hydrogen-bond acceptors (Lipinski definition) is 2. The molecule has 12 heavy (non-hydrogen) atoms. The van der Waals surface area contributed by atoms with Gasteiger partial charge >= 0.3 is 8.25 Å². The molecule has 0 aliphatic rings. The lowest BCUT2D eigenvalue weighted by atomic mass is 10.3. The molecule has 0 spiro atoms. The highest BCUT2D eigenvalue weighted by Crippen LogP contribution is 1.99. The standard InChI is InChI=1S/C7H17N.H3O3P/c1-6(2)8(5)7(3)4;1-4(2)3/h6-7H,1-5H3;4H,(H2,1,2,3). The molecule has 0 aromatic carbocycles. The molecule has 2 N–H and O–H groups in total. The highest BCUT2D eigenvalue weighted by Gasteiger charge is 2.04. The van der Waals surface area contributed by atoms with Crippen LogP contribution in [0, 0.1) is 0 Å². The van der Waals surface area contributed by atoms with Crippen molar-refractivity contribution in [1.29, 1.82) is 0 Å². The van der Waals surface area contributed by atoms with Gasteiger partial charge in [0.15, 0.2) is 0 Å². The SMILES string of the molecule is CC(C)N(C)C(C)C.O=[PH](O)O. The van der Waals surface area contributed by atoms with Crippen LogP contribution >= 0.6 is 8.25 Å². The van der Waals surface area contributed by atoms with Gasteiger partial charge in [0.2, 0.25) is 0 Å². The molecule has 76 valence electrons. The second-order valence-electron chi connectivity index (χ2n) is 3.14. The molecule has 0 atom stereocenters. The van der Waals surface area contributed by atoms with Gasteiger partial charge < -0.3 is 14.7 Å². The van der Waals surface area contributed by atoms with Gasteiger partial charge in [-0.05, 0) is 34.7 Å². The van der Waals surface area contributed by atoms with E-state index < -0.39 is 8.25 Å². The van der Waals surface area contributed by atoms with E-state index in [4.69, 9.17) is 14.4 Å². The van der Waals surface area contributed by atoms with Gasteiger partial charge in [0.05, 0.1) is 0 Å². The van der Waals surface area contributed by atoms with E-state index in [1.807, 2.05) is 0 Å². The van der Waals surface area contributed by atoms with Crippen LogP contribution in [0.5, 0.6) is 0 Å². The van der Waals surface area contributed by atoms with Gasteiger partial charge in [-0.15, -0.1) is 0 Å².